The highest BCUT2D eigenvalue weighted by Gasteiger charge is 2.66. The molecular formula is C15H22O3. The molecule has 100 valence electrons. The summed E-state index contributed by atoms with van der Waals surface area (Å²) in [5.74, 6) is 0.457. The molecule has 0 aromatic carbocycles. The van der Waals surface area contributed by atoms with E-state index in [0.717, 1.165) is 25.7 Å². The molecule has 1 N–H and O–H groups in total. The van der Waals surface area contributed by atoms with Crippen molar-refractivity contribution in [1.82, 2.24) is 0 Å². The van der Waals surface area contributed by atoms with E-state index in [1.54, 1.807) is 0 Å². The largest absolute Gasteiger partial charge is 0.455 e. The van der Waals surface area contributed by atoms with Crippen LogP contribution in [0, 0.1) is 17.3 Å². The number of hydrogen-bond donors (Lipinski definition) is 1. The summed E-state index contributed by atoms with van der Waals surface area (Å²) < 4.78 is 5.73. The monoisotopic (exact) mass is 250 g/mol. The van der Waals surface area contributed by atoms with Gasteiger partial charge in [0.1, 0.15) is 5.60 Å². The van der Waals surface area contributed by atoms with Gasteiger partial charge in [0.25, 0.3) is 0 Å². The van der Waals surface area contributed by atoms with Crippen LogP contribution in [0.5, 0.6) is 0 Å². The third kappa shape index (κ3) is 1.49. The second kappa shape index (κ2) is 3.38. The normalized spacial score (nSPS) is 53.3. The molecule has 5 atom stereocenters. The molecule has 4 rings (SSSR count). The fourth-order valence-electron chi connectivity index (χ4n) is 5.26. The summed E-state index contributed by atoms with van der Waals surface area (Å²) in [7, 11) is 0. The van der Waals surface area contributed by atoms with Gasteiger partial charge in [-0.2, -0.15) is 0 Å². The molecule has 4 aliphatic carbocycles. The third-order valence-corrected chi connectivity index (χ3v) is 5.72. The summed E-state index contributed by atoms with van der Waals surface area (Å²) in [6.45, 7) is 7.90. The summed E-state index contributed by atoms with van der Waals surface area (Å²) >= 11 is 0. The fraction of sp³-hybridized carbons (Fsp3) is 0.800. The molecule has 0 amide bonds. The molecule has 0 heterocycles. The Kier molecular flexibility index (Phi) is 2.30. The van der Waals surface area contributed by atoms with Gasteiger partial charge in [-0.1, -0.05) is 20.4 Å². The van der Waals surface area contributed by atoms with Gasteiger partial charge >= 0.3 is 5.97 Å². The lowest BCUT2D eigenvalue weighted by Gasteiger charge is -2.66. The Balaban J connectivity index is 1.99. The quantitative estimate of drug-likeness (QED) is 0.605. The van der Waals surface area contributed by atoms with Gasteiger partial charge in [0.15, 0.2) is 0 Å². The van der Waals surface area contributed by atoms with Gasteiger partial charge in [0.05, 0.1) is 5.60 Å². The number of carbonyl (C=O) groups excluding carboxylic acids is 1. The highest BCUT2D eigenvalue weighted by Crippen LogP contribution is 2.66. The highest BCUT2D eigenvalue weighted by atomic mass is 16.6. The summed E-state index contributed by atoms with van der Waals surface area (Å²) in [5, 5.41) is 10.7. The first-order valence-corrected chi connectivity index (χ1v) is 6.89. The van der Waals surface area contributed by atoms with Crippen LogP contribution in [-0.2, 0) is 9.53 Å². The molecule has 0 aromatic heterocycles. The molecule has 3 heteroatoms. The van der Waals surface area contributed by atoms with Crippen molar-refractivity contribution in [3.63, 3.8) is 0 Å². The number of rotatable bonds is 2. The van der Waals surface area contributed by atoms with E-state index in [1.807, 2.05) is 0 Å². The summed E-state index contributed by atoms with van der Waals surface area (Å²) in [6.07, 6.45) is 5.63. The maximum absolute atomic E-state index is 11.6. The molecular weight excluding hydrogens is 228 g/mol. The zero-order valence-corrected chi connectivity index (χ0v) is 11.2. The van der Waals surface area contributed by atoms with Gasteiger partial charge < -0.3 is 9.84 Å². The molecule has 0 radical (unpaired) electrons. The molecule has 4 fully saturated rings. The predicted octanol–water partition coefficient (Wildman–Crippen LogP) is 2.44. The zero-order valence-electron chi connectivity index (χ0n) is 11.2. The standard InChI is InChI=1S/C15H22O3/c1-4-12(16)18-15-7-11-5-13(3,10(15)2)8-14(17,6-11)9-15/h4,10-11,17H,1,5-9H2,2-3H3. The summed E-state index contributed by atoms with van der Waals surface area (Å²) in [6, 6.07) is 0. The van der Waals surface area contributed by atoms with Crippen molar-refractivity contribution in [2.45, 2.75) is 57.2 Å². The molecule has 4 bridgehead atoms. The number of esters is 1. The number of carbonyl (C=O) groups is 1. The molecule has 18 heavy (non-hydrogen) atoms. The van der Waals surface area contributed by atoms with E-state index in [-0.39, 0.29) is 11.4 Å². The van der Waals surface area contributed by atoms with Crippen LogP contribution in [0.3, 0.4) is 0 Å². The number of aliphatic hydroxyl groups is 1. The van der Waals surface area contributed by atoms with E-state index in [2.05, 4.69) is 20.4 Å². The van der Waals surface area contributed by atoms with Crippen molar-refractivity contribution >= 4 is 5.97 Å². The molecule has 4 saturated carbocycles. The van der Waals surface area contributed by atoms with Crippen molar-refractivity contribution in [2.75, 3.05) is 0 Å². The molecule has 3 nitrogen and oxygen atoms in total. The Morgan fingerprint density at radius 1 is 1.39 bits per heavy atom. The third-order valence-electron chi connectivity index (χ3n) is 5.72. The molecule has 0 spiro atoms. The minimum absolute atomic E-state index is 0.107. The van der Waals surface area contributed by atoms with Gasteiger partial charge in [-0.25, -0.2) is 4.79 Å². The Morgan fingerprint density at radius 3 is 2.72 bits per heavy atom. The SMILES string of the molecule is C=CC(=O)OC12CC3CC(O)(CC(C)(C3)C1C)C2. The first kappa shape index (κ1) is 12.2. The van der Waals surface area contributed by atoms with Crippen LogP contribution in [-0.4, -0.2) is 22.3 Å². The zero-order chi connectivity index (χ0) is 13.2. The first-order valence-electron chi connectivity index (χ1n) is 6.89. The number of ether oxygens (including phenoxy) is 1. The van der Waals surface area contributed by atoms with Crippen LogP contribution in [0.15, 0.2) is 12.7 Å². The van der Waals surface area contributed by atoms with Crippen LogP contribution in [0.4, 0.5) is 0 Å². The van der Waals surface area contributed by atoms with Crippen molar-refractivity contribution < 1.29 is 14.6 Å². The topological polar surface area (TPSA) is 46.5 Å². The van der Waals surface area contributed by atoms with Crippen LogP contribution in [0.1, 0.15) is 46.0 Å². The minimum Gasteiger partial charge on any atom is -0.455 e. The summed E-state index contributed by atoms with van der Waals surface area (Å²) in [5.41, 5.74) is -0.978. The van der Waals surface area contributed by atoms with Crippen LogP contribution < -0.4 is 0 Å². The van der Waals surface area contributed by atoms with Crippen LogP contribution in [0.25, 0.3) is 0 Å². The average molecular weight is 250 g/mol. The second-order valence-electron chi connectivity index (χ2n) is 7.12. The van der Waals surface area contributed by atoms with Crippen molar-refractivity contribution in [2.24, 2.45) is 17.3 Å². The maximum atomic E-state index is 11.6. The van der Waals surface area contributed by atoms with Crippen molar-refractivity contribution in [3.8, 4) is 0 Å². The maximum Gasteiger partial charge on any atom is 0.330 e. The molecule has 5 unspecified atom stereocenters. The van der Waals surface area contributed by atoms with Crippen molar-refractivity contribution in [3.05, 3.63) is 12.7 Å². The van der Waals surface area contributed by atoms with E-state index in [4.69, 9.17) is 4.74 Å². The van der Waals surface area contributed by atoms with Gasteiger partial charge in [-0.15, -0.1) is 0 Å². The molecule has 0 saturated heterocycles. The van der Waals surface area contributed by atoms with Gasteiger partial charge in [0.2, 0.25) is 0 Å². The molecule has 0 aromatic rings. The average Bonchev–Trinajstić information content (AvgIpc) is 2.22. The lowest BCUT2D eigenvalue weighted by molar-refractivity contribution is -0.264. The Labute approximate surface area is 108 Å². The summed E-state index contributed by atoms with van der Waals surface area (Å²) in [4.78, 5) is 11.6. The number of hydrogen-bond acceptors (Lipinski definition) is 3. The van der Waals surface area contributed by atoms with E-state index in [1.165, 1.54) is 6.08 Å². The molecule has 0 aliphatic heterocycles. The lowest BCUT2D eigenvalue weighted by atomic mass is 9.43. The van der Waals surface area contributed by atoms with Crippen LogP contribution >= 0.6 is 0 Å². The fourth-order valence-corrected chi connectivity index (χ4v) is 5.26. The van der Waals surface area contributed by atoms with E-state index in [9.17, 15) is 9.90 Å². The minimum atomic E-state index is -0.621. The van der Waals surface area contributed by atoms with E-state index < -0.39 is 11.2 Å². The van der Waals surface area contributed by atoms with E-state index in [0.29, 0.717) is 18.3 Å². The van der Waals surface area contributed by atoms with Gasteiger partial charge in [0, 0.05) is 18.4 Å². The van der Waals surface area contributed by atoms with Crippen molar-refractivity contribution in [1.29, 1.82) is 0 Å². The van der Waals surface area contributed by atoms with Crippen LogP contribution in [0.2, 0.25) is 0 Å². The first-order chi connectivity index (χ1) is 8.31. The Morgan fingerprint density at radius 2 is 2.11 bits per heavy atom. The second-order valence-corrected chi connectivity index (χ2v) is 7.12. The molecule has 4 aliphatic rings. The highest BCUT2D eigenvalue weighted by molar-refractivity contribution is 5.81. The lowest BCUT2D eigenvalue weighted by Crippen LogP contribution is -2.68. The van der Waals surface area contributed by atoms with E-state index >= 15 is 0 Å². The Bertz CT molecular complexity index is 418. The smallest absolute Gasteiger partial charge is 0.330 e. The predicted molar refractivity (Wildman–Crippen MR) is 67.8 cm³/mol. The van der Waals surface area contributed by atoms with Gasteiger partial charge in [-0.3, -0.25) is 0 Å². The Hall–Kier alpha value is -0.830. The van der Waals surface area contributed by atoms with Gasteiger partial charge in [-0.05, 0) is 37.0 Å².